The van der Waals surface area contributed by atoms with E-state index >= 15 is 0 Å². The fourth-order valence-corrected chi connectivity index (χ4v) is 2.51. The number of ether oxygens (including phenoxy) is 1. The predicted molar refractivity (Wildman–Crippen MR) is 96.4 cm³/mol. The number of rotatable bonds is 18. The summed E-state index contributed by atoms with van der Waals surface area (Å²) in [6, 6.07) is 0. The molecule has 0 saturated carbocycles. The van der Waals surface area contributed by atoms with Gasteiger partial charge in [0.25, 0.3) is 0 Å². The lowest BCUT2D eigenvalue weighted by Crippen LogP contribution is -2.25. The minimum atomic E-state index is -0.745. The molecule has 1 N–H and O–H groups in total. The largest absolute Gasteiger partial charge is 0.347 e. The first-order valence-corrected chi connectivity index (χ1v) is 9.91. The Morgan fingerprint density at radius 1 is 0.667 bits per heavy atom. The van der Waals surface area contributed by atoms with Crippen LogP contribution in [0.1, 0.15) is 105 Å². The fraction of sp³-hybridized carbons (Fsp3) is 1.00. The third-order valence-electron chi connectivity index (χ3n) is 3.90. The van der Waals surface area contributed by atoms with Crippen LogP contribution in [0.4, 0.5) is 0 Å². The van der Waals surface area contributed by atoms with E-state index in [-0.39, 0.29) is 6.10 Å². The second-order valence-electron chi connectivity index (χ2n) is 6.75. The summed E-state index contributed by atoms with van der Waals surface area (Å²) in [5, 5.41) is 8.95. The van der Waals surface area contributed by atoms with Crippen molar-refractivity contribution in [2.75, 3.05) is 0 Å². The molecule has 0 aromatic heterocycles. The average molecular weight is 349 g/mol. The Hall–Kier alpha value is -0.200. The highest BCUT2D eigenvalue weighted by Gasteiger charge is 2.17. The molecule has 0 heterocycles. The van der Waals surface area contributed by atoms with E-state index in [4.69, 9.17) is 19.8 Å². The van der Waals surface area contributed by atoms with Gasteiger partial charge >= 0.3 is 0 Å². The van der Waals surface area contributed by atoms with Crippen molar-refractivity contribution < 1.29 is 24.7 Å². The smallest absolute Gasteiger partial charge is 0.224 e. The molecule has 0 aliphatic rings. The maximum absolute atomic E-state index is 8.95. The lowest BCUT2D eigenvalue weighted by atomic mass is 10.1. The fourth-order valence-electron chi connectivity index (χ4n) is 2.51. The number of hydrogen-bond donors (Lipinski definition) is 1. The Kier molecular flexibility index (Phi) is 17.5. The van der Waals surface area contributed by atoms with Gasteiger partial charge in [-0.1, -0.05) is 65.2 Å². The van der Waals surface area contributed by atoms with Gasteiger partial charge in [-0.15, -0.1) is 0 Å². The summed E-state index contributed by atoms with van der Waals surface area (Å²) in [7, 11) is 0. The van der Waals surface area contributed by atoms with Gasteiger partial charge in [0.05, 0.1) is 6.10 Å². The third kappa shape index (κ3) is 15.3. The van der Waals surface area contributed by atoms with E-state index in [2.05, 4.69) is 18.7 Å². The molecule has 5 heteroatoms. The third-order valence-corrected chi connectivity index (χ3v) is 3.90. The summed E-state index contributed by atoms with van der Waals surface area (Å²) < 4.78 is 5.72. The molecule has 0 rings (SSSR count). The van der Waals surface area contributed by atoms with Gasteiger partial charge in [0.15, 0.2) is 6.29 Å². The molecule has 5 nitrogen and oxygen atoms in total. The average Bonchev–Trinajstić information content (AvgIpc) is 2.56. The van der Waals surface area contributed by atoms with E-state index in [0.29, 0.717) is 6.42 Å². The van der Waals surface area contributed by atoms with Gasteiger partial charge in [-0.25, -0.2) is 15.0 Å². The summed E-state index contributed by atoms with van der Waals surface area (Å²) in [5.74, 6) is 0. The molecule has 146 valence electrons. The molecular formula is C19H40O5. The Morgan fingerprint density at radius 3 is 1.58 bits per heavy atom. The van der Waals surface area contributed by atoms with Crippen molar-refractivity contribution in [2.24, 2.45) is 0 Å². The maximum Gasteiger partial charge on any atom is 0.224 e. The van der Waals surface area contributed by atoms with Gasteiger partial charge in [-0.3, -0.25) is 0 Å². The van der Waals surface area contributed by atoms with Crippen LogP contribution in [-0.2, 0) is 19.4 Å². The van der Waals surface area contributed by atoms with Crippen LogP contribution in [-0.4, -0.2) is 23.9 Å². The summed E-state index contributed by atoms with van der Waals surface area (Å²) >= 11 is 0. The van der Waals surface area contributed by atoms with Crippen molar-refractivity contribution in [3.05, 3.63) is 0 Å². The van der Waals surface area contributed by atoms with Crippen LogP contribution < -0.4 is 0 Å². The van der Waals surface area contributed by atoms with E-state index in [9.17, 15) is 0 Å². The van der Waals surface area contributed by atoms with E-state index in [1.165, 1.54) is 44.9 Å². The standard InChI is InChI=1S/C19H40O5/c1-5-7-9-11-13-15-18(21-17(3)4)23-24-19(22-20)16-14-12-10-8-6-2/h17-20H,5-16H2,1-4H3. The molecule has 0 radical (unpaired) electrons. The molecule has 0 amide bonds. The van der Waals surface area contributed by atoms with Crippen LogP contribution in [0.25, 0.3) is 0 Å². The molecule has 0 aromatic carbocycles. The van der Waals surface area contributed by atoms with Gasteiger partial charge in [0.1, 0.15) is 0 Å². The SMILES string of the molecule is CCCCCCCC(OO)OOC(CCCCCCC)OC(C)C. The Morgan fingerprint density at radius 2 is 1.12 bits per heavy atom. The van der Waals surface area contributed by atoms with E-state index < -0.39 is 12.6 Å². The molecule has 0 saturated heterocycles. The number of unbranched alkanes of at least 4 members (excludes halogenated alkanes) is 8. The summed E-state index contributed by atoms with van der Waals surface area (Å²) in [5.41, 5.74) is 0. The Labute approximate surface area is 148 Å². The van der Waals surface area contributed by atoms with Gasteiger partial charge < -0.3 is 4.74 Å². The van der Waals surface area contributed by atoms with Crippen LogP contribution >= 0.6 is 0 Å². The van der Waals surface area contributed by atoms with Gasteiger partial charge in [0.2, 0.25) is 6.29 Å². The quantitative estimate of drug-likeness (QED) is 0.138. The minimum absolute atomic E-state index is 0.0665. The van der Waals surface area contributed by atoms with Crippen LogP contribution in [0.3, 0.4) is 0 Å². The number of hydrogen-bond acceptors (Lipinski definition) is 5. The van der Waals surface area contributed by atoms with E-state index in [1.807, 2.05) is 13.8 Å². The maximum atomic E-state index is 8.95. The van der Waals surface area contributed by atoms with E-state index in [0.717, 1.165) is 25.7 Å². The van der Waals surface area contributed by atoms with Crippen LogP contribution in [0, 0.1) is 0 Å². The second-order valence-corrected chi connectivity index (χ2v) is 6.75. The highest BCUT2D eigenvalue weighted by atomic mass is 17.3. The molecule has 0 aromatic rings. The van der Waals surface area contributed by atoms with Crippen molar-refractivity contribution in [2.45, 2.75) is 123 Å². The lowest BCUT2D eigenvalue weighted by molar-refractivity contribution is -0.483. The lowest BCUT2D eigenvalue weighted by Gasteiger charge is -2.22. The monoisotopic (exact) mass is 348 g/mol. The van der Waals surface area contributed by atoms with E-state index in [1.54, 1.807) is 0 Å². The van der Waals surface area contributed by atoms with Crippen molar-refractivity contribution in [1.29, 1.82) is 0 Å². The molecule has 2 atom stereocenters. The molecular weight excluding hydrogens is 308 g/mol. The molecule has 0 aliphatic heterocycles. The molecule has 0 fully saturated rings. The first-order chi connectivity index (χ1) is 11.6. The molecule has 0 aliphatic carbocycles. The zero-order valence-corrected chi connectivity index (χ0v) is 16.3. The molecule has 0 bridgehead atoms. The Bertz CT molecular complexity index is 248. The van der Waals surface area contributed by atoms with Crippen LogP contribution in [0.5, 0.6) is 0 Å². The van der Waals surface area contributed by atoms with Crippen molar-refractivity contribution in [3.63, 3.8) is 0 Å². The zero-order chi connectivity index (χ0) is 18.0. The molecule has 2 unspecified atom stereocenters. The summed E-state index contributed by atoms with van der Waals surface area (Å²) in [6.45, 7) is 8.34. The molecule has 0 spiro atoms. The van der Waals surface area contributed by atoms with Gasteiger partial charge in [-0.05, 0) is 26.7 Å². The van der Waals surface area contributed by atoms with Crippen molar-refractivity contribution in [3.8, 4) is 0 Å². The molecule has 24 heavy (non-hydrogen) atoms. The first-order valence-electron chi connectivity index (χ1n) is 9.91. The summed E-state index contributed by atoms with van der Waals surface area (Å²) in [4.78, 5) is 15.0. The minimum Gasteiger partial charge on any atom is -0.347 e. The van der Waals surface area contributed by atoms with Crippen LogP contribution in [0.15, 0.2) is 0 Å². The zero-order valence-electron chi connectivity index (χ0n) is 16.3. The van der Waals surface area contributed by atoms with Crippen LogP contribution in [0.2, 0.25) is 0 Å². The van der Waals surface area contributed by atoms with Gasteiger partial charge in [-0.2, -0.15) is 4.89 Å². The predicted octanol–water partition coefficient (Wildman–Crippen LogP) is 6.22. The second kappa shape index (κ2) is 17.6. The highest BCUT2D eigenvalue weighted by Crippen LogP contribution is 2.16. The van der Waals surface area contributed by atoms with Crippen molar-refractivity contribution in [1.82, 2.24) is 0 Å². The first kappa shape index (κ1) is 23.8. The van der Waals surface area contributed by atoms with Gasteiger partial charge in [0, 0.05) is 12.8 Å². The summed E-state index contributed by atoms with van der Waals surface area (Å²) in [6.07, 6.45) is 12.0. The van der Waals surface area contributed by atoms with Crippen molar-refractivity contribution >= 4 is 0 Å². The topological polar surface area (TPSA) is 57.2 Å². The normalized spacial score (nSPS) is 14.2. The highest BCUT2D eigenvalue weighted by molar-refractivity contribution is 4.50. The Balaban J connectivity index is 3.97.